The first-order chi connectivity index (χ1) is 15.5. The summed E-state index contributed by atoms with van der Waals surface area (Å²) in [4.78, 5) is 13.9. The van der Waals surface area contributed by atoms with E-state index in [1.54, 1.807) is 66.6 Å². The Morgan fingerprint density at radius 2 is 1.31 bits per heavy atom. The quantitative estimate of drug-likeness (QED) is 0.438. The van der Waals surface area contributed by atoms with Gasteiger partial charge in [-0.1, -0.05) is 66.7 Å². The van der Waals surface area contributed by atoms with E-state index in [1.165, 1.54) is 6.08 Å². The highest BCUT2D eigenvalue weighted by molar-refractivity contribution is 7.49. The third-order valence-corrected chi connectivity index (χ3v) is 6.48. The van der Waals surface area contributed by atoms with Gasteiger partial charge in [-0.2, -0.15) is 0 Å². The van der Waals surface area contributed by atoms with E-state index in [1.807, 2.05) is 42.5 Å². The zero-order chi connectivity index (χ0) is 22.4. The molecule has 2 atom stereocenters. The molecule has 0 aromatic heterocycles. The van der Waals surface area contributed by atoms with Gasteiger partial charge in [-0.25, -0.2) is 4.57 Å². The Balaban J connectivity index is 1.63. The number of benzene rings is 3. The second kappa shape index (κ2) is 9.86. The summed E-state index contributed by atoms with van der Waals surface area (Å²) in [6.07, 6.45) is 2.86. The van der Waals surface area contributed by atoms with Gasteiger partial charge in [-0.3, -0.25) is 9.32 Å². The van der Waals surface area contributed by atoms with Gasteiger partial charge in [0.25, 0.3) is 0 Å². The van der Waals surface area contributed by atoms with Gasteiger partial charge in [0.2, 0.25) is 5.91 Å². The van der Waals surface area contributed by atoms with Gasteiger partial charge in [0.05, 0.1) is 6.04 Å². The molecule has 0 saturated heterocycles. The fraction of sp³-hybridized carbons (Fsp3) is 0.160. The molecule has 3 aromatic rings. The molecule has 3 aromatic carbocycles. The maximum Gasteiger partial charge on any atom is 0.588 e. The molecule has 164 valence electrons. The van der Waals surface area contributed by atoms with Crippen molar-refractivity contribution in [3.8, 4) is 11.5 Å². The lowest BCUT2D eigenvalue weighted by molar-refractivity contribution is -0.129. The van der Waals surface area contributed by atoms with E-state index in [0.717, 1.165) is 5.56 Å². The summed E-state index contributed by atoms with van der Waals surface area (Å²) in [5, 5.41) is 0. The molecule has 0 saturated carbocycles. The number of carbonyl (C=O) groups excluding carboxylic acids is 1. The van der Waals surface area contributed by atoms with Crippen LogP contribution in [0, 0.1) is 0 Å². The van der Waals surface area contributed by atoms with Crippen LogP contribution in [-0.4, -0.2) is 30.0 Å². The first-order valence-electron chi connectivity index (χ1n) is 10.3. The Morgan fingerprint density at radius 3 is 1.84 bits per heavy atom. The van der Waals surface area contributed by atoms with Crippen molar-refractivity contribution in [2.75, 3.05) is 7.05 Å². The minimum Gasteiger partial charge on any atom is -0.395 e. The van der Waals surface area contributed by atoms with Crippen molar-refractivity contribution in [3.05, 3.63) is 109 Å². The molecule has 0 radical (unpaired) electrons. The zero-order valence-electron chi connectivity index (χ0n) is 17.6. The minimum absolute atomic E-state index is 0.145. The Labute approximate surface area is 187 Å². The van der Waals surface area contributed by atoms with Crippen LogP contribution in [0.3, 0.4) is 0 Å². The topological polar surface area (TPSA) is 65.1 Å². The van der Waals surface area contributed by atoms with Crippen LogP contribution in [0.5, 0.6) is 11.5 Å². The van der Waals surface area contributed by atoms with Crippen molar-refractivity contribution >= 4 is 13.7 Å². The van der Waals surface area contributed by atoms with Crippen molar-refractivity contribution in [3.63, 3.8) is 0 Å². The van der Waals surface area contributed by atoms with Crippen molar-refractivity contribution < 1.29 is 22.9 Å². The highest BCUT2D eigenvalue weighted by Crippen LogP contribution is 2.51. The maximum atomic E-state index is 13.8. The summed E-state index contributed by atoms with van der Waals surface area (Å²) in [7, 11) is -2.40. The number of amides is 1. The van der Waals surface area contributed by atoms with Gasteiger partial charge < -0.3 is 13.9 Å². The third kappa shape index (κ3) is 5.47. The molecule has 0 N–H and O–H groups in total. The summed E-state index contributed by atoms with van der Waals surface area (Å²) < 4.78 is 31.3. The van der Waals surface area contributed by atoms with Crippen LogP contribution in [-0.2, 0) is 20.3 Å². The smallest absolute Gasteiger partial charge is 0.395 e. The molecule has 1 heterocycles. The lowest BCUT2D eigenvalue weighted by atomic mass is 9.97. The lowest BCUT2D eigenvalue weighted by Gasteiger charge is -2.36. The monoisotopic (exact) mass is 449 g/mol. The van der Waals surface area contributed by atoms with Gasteiger partial charge in [0.1, 0.15) is 17.6 Å². The molecule has 1 aliphatic heterocycles. The van der Waals surface area contributed by atoms with Crippen molar-refractivity contribution in [2.24, 2.45) is 0 Å². The molecule has 0 aliphatic carbocycles. The number of rotatable bonds is 8. The van der Waals surface area contributed by atoms with Crippen LogP contribution in [0.25, 0.3) is 0 Å². The summed E-state index contributed by atoms with van der Waals surface area (Å²) in [5.41, 5.74) is 1.03. The van der Waals surface area contributed by atoms with E-state index < -0.39 is 13.9 Å². The molecular formula is C25H24NO5P. The largest absolute Gasteiger partial charge is 0.588 e. The van der Waals surface area contributed by atoms with Crippen LogP contribution in [0.15, 0.2) is 103 Å². The maximum absolute atomic E-state index is 13.8. The van der Waals surface area contributed by atoms with Gasteiger partial charge in [-0.05, 0) is 42.3 Å². The van der Waals surface area contributed by atoms with E-state index >= 15 is 0 Å². The van der Waals surface area contributed by atoms with E-state index in [0.29, 0.717) is 17.9 Å². The molecular weight excluding hydrogens is 425 g/mol. The Kier molecular flexibility index (Phi) is 6.74. The van der Waals surface area contributed by atoms with Crippen molar-refractivity contribution in [2.45, 2.75) is 18.6 Å². The number of nitrogens with zero attached hydrogens (tertiary/aromatic N) is 1. The van der Waals surface area contributed by atoms with E-state index in [9.17, 15) is 9.36 Å². The van der Waals surface area contributed by atoms with Crippen molar-refractivity contribution in [1.29, 1.82) is 0 Å². The number of carbonyl (C=O) groups is 1. The van der Waals surface area contributed by atoms with Crippen LogP contribution in [0.1, 0.15) is 5.56 Å². The number of hydrogen-bond acceptors (Lipinski definition) is 5. The molecule has 1 amide bonds. The average molecular weight is 449 g/mol. The first kappa shape index (κ1) is 21.9. The lowest BCUT2D eigenvalue weighted by Crippen LogP contribution is -2.48. The molecule has 0 fully saturated rings. The normalized spacial score (nSPS) is 18.4. The number of para-hydroxylation sites is 2. The van der Waals surface area contributed by atoms with Gasteiger partial charge in [-0.15, -0.1) is 0 Å². The second-order valence-electron chi connectivity index (χ2n) is 7.39. The van der Waals surface area contributed by atoms with Crippen LogP contribution >= 0.6 is 7.82 Å². The first-order valence-corrected chi connectivity index (χ1v) is 11.8. The summed E-state index contributed by atoms with van der Waals surface area (Å²) in [5.74, 6) is 0.569. The van der Waals surface area contributed by atoms with Crippen molar-refractivity contribution in [1.82, 2.24) is 4.90 Å². The van der Waals surface area contributed by atoms with E-state index in [2.05, 4.69) is 0 Å². The molecule has 6 nitrogen and oxygen atoms in total. The predicted octanol–water partition coefficient (Wildman–Crippen LogP) is 5.28. The predicted molar refractivity (Wildman–Crippen MR) is 122 cm³/mol. The Morgan fingerprint density at radius 1 is 0.812 bits per heavy atom. The fourth-order valence-corrected chi connectivity index (χ4v) is 4.84. The molecule has 0 bridgehead atoms. The van der Waals surface area contributed by atoms with Gasteiger partial charge >= 0.3 is 7.82 Å². The third-order valence-electron chi connectivity index (χ3n) is 5.11. The second-order valence-corrected chi connectivity index (χ2v) is 8.86. The highest BCUT2D eigenvalue weighted by atomic mass is 31.2. The Bertz CT molecular complexity index is 1060. The van der Waals surface area contributed by atoms with Crippen LogP contribution in [0.2, 0.25) is 0 Å². The zero-order valence-corrected chi connectivity index (χ0v) is 18.5. The molecule has 0 spiro atoms. The van der Waals surface area contributed by atoms with E-state index in [-0.39, 0.29) is 11.9 Å². The molecule has 0 unspecified atom stereocenters. The summed E-state index contributed by atoms with van der Waals surface area (Å²) >= 11 is 0. The molecule has 7 heteroatoms. The summed E-state index contributed by atoms with van der Waals surface area (Å²) in [6, 6.07) is 26.8. The van der Waals surface area contributed by atoms with Crippen LogP contribution < -0.4 is 9.05 Å². The number of hydrogen-bond donors (Lipinski definition) is 0. The number of phosphoric acid groups is 1. The van der Waals surface area contributed by atoms with E-state index in [4.69, 9.17) is 13.6 Å². The highest BCUT2D eigenvalue weighted by Gasteiger charge is 2.40. The number of likely N-dealkylation sites (N-methyl/N-ethyl adjacent to an activating group) is 1. The fourth-order valence-electron chi connectivity index (χ4n) is 3.45. The average Bonchev–Trinajstić information content (AvgIpc) is 2.80. The van der Waals surface area contributed by atoms with Gasteiger partial charge in [0.15, 0.2) is 0 Å². The van der Waals surface area contributed by atoms with Crippen LogP contribution in [0.4, 0.5) is 0 Å². The molecule has 32 heavy (non-hydrogen) atoms. The standard InChI is InChI=1S/C25H24NO5P/c1-26-23(19-20-11-5-2-6-12-20)24(17-18-25(26)27)31-32(28,29-21-13-7-3-8-14-21)30-22-15-9-4-10-16-22/h2-18,23-24H,19H2,1H3/t23-,24+/m0/s1. The molecule has 1 aliphatic rings. The Hall–Kier alpha value is -3.34. The summed E-state index contributed by atoms with van der Waals surface area (Å²) in [6.45, 7) is 0. The molecule has 4 rings (SSSR count). The number of phosphoric ester groups is 1. The minimum atomic E-state index is -4.11. The van der Waals surface area contributed by atoms with Gasteiger partial charge in [0, 0.05) is 13.1 Å². The SMILES string of the molecule is CN1C(=O)C=C[C@@H](OP(=O)(Oc2ccccc2)Oc2ccccc2)[C@@H]1Cc1ccccc1.